The van der Waals surface area contributed by atoms with Crippen LogP contribution in [0.15, 0.2) is 18.2 Å². The number of nitrogens with one attached hydrogen (secondary N) is 1. The second-order valence-corrected chi connectivity index (χ2v) is 7.50. The maximum absolute atomic E-state index is 12.5. The second kappa shape index (κ2) is 8.48. The van der Waals surface area contributed by atoms with Gasteiger partial charge in [0, 0.05) is 37.8 Å². The number of para-hydroxylation sites is 1. The number of amides is 2. The summed E-state index contributed by atoms with van der Waals surface area (Å²) in [5.74, 6) is 0.608. The summed E-state index contributed by atoms with van der Waals surface area (Å²) >= 11 is 0. The lowest BCUT2D eigenvalue weighted by molar-refractivity contribution is -0.136. The van der Waals surface area contributed by atoms with Gasteiger partial charge in [-0.25, -0.2) is 0 Å². The van der Waals surface area contributed by atoms with E-state index in [4.69, 9.17) is 0 Å². The summed E-state index contributed by atoms with van der Waals surface area (Å²) in [6.07, 6.45) is 0. The molecule has 2 amide bonds. The van der Waals surface area contributed by atoms with Gasteiger partial charge in [-0.1, -0.05) is 45.9 Å². The molecule has 138 valence electrons. The Bertz CT molecular complexity index is 617. The lowest BCUT2D eigenvalue weighted by Gasteiger charge is -2.35. The molecule has 0 aromatic heterocycles. The van der Waals surface area contributed by atoms with Crippen molar-refractivity contribution in [1.29, 1.82) is 0 Å². The fourth-order valence-corrected chi connectivity index (χ4v) is 3.22. The average molecular weight is 345 g/mol. The average Bonchev–Trinajstić information content (AvgIpc) is 2.56. The van der Waals surface area contributed by atoms with Crippen LogP contribution >= 0.6 is 0 Å². The van der Waals surface area contributed by atoms with Crippen molar-refractivity contribution in [2.75, 3.05) is 38.0 Å². The van der Waals surface area contributed by atoms with Crippen LogP contribution in [-0.2, 0) is 9.59 Å². The molecule has 0 aliphatic carbocycles. The molecule has 5 nitrogen and oxygen atoms in total. The number of rotatable bonds is 5. The first-order chi connectivity index (χ1) is 11.8. The van der Waals surface area contributed by atoms with Gasteiger partial charge in [-0.3, -0.25) is 14.5 Å². The lowest BCUT2D eigenvalue weighted by Crippen LogP contribution is -2.51. The Morgan fingerprint density at radius 1 is 1.08 bits per heavy atom. The molecule has 0 spiro atoms. The predicted octanol–water partition coefficient (Wildman–Crippen LogP) is 2.86. The summed E-state index contributed by atoms with van der Waals surface area (Å²) in [5.41, 5.74) is 3.20. The van der Waals surface area contributed by atoms with Crippen LogP contribution in [0.5, 0.6) is 0 Å². The topological polar surface area (TPSA) is 52.7 Å². The highest BCUT2D eigenvalue weighted by Crippen LogP contribution is 2.27. The van der Waals surface area contributed by atoms with Gasteiger partial charge in [-0.15, -0.1) is 0 Å². The van der Waals surface area contributed by atoms with E-state index in [9.17, 15) is 9.59 Å². The van der Waals surface area contributed by atoms with Gasteiger partial charge in [0.1, 0.15) is 0 Å². The van der Waals surface area contributed by atoms with Crippen molar-refractivity contribution in [2.45, 2.75) is 40.5 Å². The van der Waals surface area contributed by atoms with Crippen LogP contribution in [0.3, 0.4) is 0 Å². The summed E-state index contributed by atoms with van der Waals surface area (Å²) in [6, 6.07) is 6.13. The molecule has 0 unspecified atom stereocenters. The quantitative estimate of drug-likeness (QED) is 0.893. The minimum atomic E-state index is 0.0137. The van der Waals surface area contributed by atoms with Gasteiger partial charge in [0.2, 0.25) is 11.8 Å². The minimum absolute atomic E-state index is 0.0137. The van der Waals surface area contributed by atoms with E-state index in [1.165, 1.54) is 5.56 Å². The van der Waals surface area contributed by atoms with E-state index in [2.05, 4.69) is 30.1 Å². The molecular weight excluding hydrogens is 314 g/mol. The molecule has 0 bridgehead atoms. The minimum Gasteiger partial charge on any atom is -0.340 e. The summed E-state index contributed by atoms with van der Waals surface area (Å²) < 4.78 is 0. The molecule has 1 saturated heterocycles. The monoisotopic (exact) mass is 345 g/mol. The Balaban J connectivity index is 1.91. The van der Waals surface area contributed by atoms with E-state index < -0.39 is 0 Å². The summed E-state index contributed by atoms with van der Waals surface area (Å²) in [7, 11) is 0. The first-order valence-corrected chi connectivity index (χ1v) is 9.20. The van der Waals surface area contributed by atoms with Crippen molar-refractivity contribution in [3.05, 3.63) is 29.3 Å². The van der Waals surface area contributed by atoms with Crippen LogP contribution in [0.25, 0.3) is 0 Å². The zero-order chi connectivity index (χ0) is 18.6. The van der Waals surface area contributed by atoms with Crippen molar-refractivity contribution in [1.82, 2.24) is 9.80 Å². The number of piperazine rings is 1. The normalized spacial score (nSPS) is 15.7. The van der Waals surface area contributed by atoms with E-state index in [0.717, 1.165) is 24.3 Å². The number of carbonyl (C=O) groups is 2. The summed E-state index contributed by atoms with van der Waals surface area (Å²) in [6.45, 7) is 13.4. The van der Waals surface area contributed by atoms with E-state index in [1.54, 1.807) is 0 Å². The highest BCUT2D eigenvalue weighted by molar-refractivity contribution is 5.94. The zero-order valence-electron chi connectivity index (χ0n) is 16.1. The highest BCUT2D eigenvalue weighted by Gasteiger charge is 2.24. The number of hydrogen-bond acceptors (Lipinski definition) is 3. The molecule has 0 saturated carbocycles. The van der Waals surface area contributed by atoms with Crippen LogP contribution in [0.4, 0.5) is 5.69 Å². The van der Waals surface area contributed by atoms with Crippen molar-refractivity contribution in [3.8, 4) is 0 Å². The number of aryl methyl sites for hydroxylation is 1. The third-order valence-electron chi connectivity index (χ3n) is 4.74. The molecule has 1 aliphatic rings. The van der Waals surface area contributed by atoms with Gasteiger partial charge in [0.25, 0.3) is 0 Å². The molecule has 0 radical (unpaired) electrons. The first-order valence-electron chi connectivity index (χ1n) is 9.20. The molecule has 1 N–H and O–H groups in total. The van der Waals surface area contributed by atoms with E-state index in [0.29, 0.717) is 25.6 Å². The Morgan fingerprint density at radius 3 is 2.28 bits per heavy atom. The van der Waals surface area contributed by atoms with E-state index in [1.807, 2.05) is 37.8 Å². The number of carbonyl (C=O) groups excluding carboxylic acids is 2. The Morgan fingerprint density at radius 2 is 1.72 bits per heavy atom. The Kier molecular flexibility index (Phi) is 6.59. The molecular formula is C20H31N3O2. The Labute approximate surface area is 151 Å². The van der Waals surface area contributed by atoms with Gasteiger partial charge < -0.3 is 10.2 Å². The molecule has 2 rings (SSSR count). The largest absolute Gasteiger partial charge is 0.340 e. The molecule has 5 heteroatoms. The molecule has 0 atom stereocenters. The van der Waals surface area contributed by atoms with Gasteiger partial charge >= 0.3 is 0 Å². The van der Waals surface area contributed by atoms with Gasteiger partial charge in [-0.05, 0) is 24.0 Å². The number of hydrogen-bond donors (Lipinski definition) is 1. The summed E-state index contributed by atoms with van der Waals surface area (Å²) in [5, 5.41) is 3.10. The third kappa shape index (κ3) is 5.05. The smallest absolute Gasteiger partial charge is 0.238 e. The second-order valence-electron chi connectivity index (χ2n) is 7.50. The molecule has 1 heterocycles. The third-order valence-corrected chi connectivity index (χ3v) is 4.74. The van der Waals surface area contributed by atoms with E-state index >= 15 is 0 Å². The van der Waals surface area contributed by atoms with Crippen molar-refractivity contribution < 1.29 is 9.59 Å². The number of anilines is 1. The van der Waals surface area contributed by atoms with Gasteiger partial charge in [0.15, 0.2) is 0 Å². The van der Waals surface area contributed by atoms with Crippen LogP contribution in [0, 0.1) is 12.8 Å². The SMILES string of the molecule is Cc1cccc(C(C)C)c1NC(=O)CN1CCN(C(=O)C(C)C)CC1. The van der Waals surface area contributed by atoms with Gasteiger partial charge in [0.05, 0.1) is 6.54 Å². The number of nitrogens with zero attached hydrogens (tertiary/aromatic N) is 2. The molecule has 1 aliphatic heterocycles. The maximum Gasteiger partial charge on any atom is 0.238 e. The molecule has 1 aromatic carbocycles. The van der Waals surface area contributed by atoms with Crippen molar-refractivity contribution in [3.63, 3.8) is 0 Å². The fraction of sp³-hybridized carbons (Fsp3) is 0.600. The maximum atomic E-state index is 12.5. The van der Waals surface area contributed by atoms with Crippen LogP contribution in [-0.4, -0.2) is 54.3 Å². The van der Waals surface area contributed by atoms with Crippen LogP contribution in [0.1, 0.15) is 44.7 Å². The van der Waals surface area contributed by atoms with E-state index in [-0.39, 0.29) is 17.7 Å². The van der Waals surface area contributed by atoms with Crippen LogP contribution < -0.4 is 5.32 Å². The standard InChI is InChI=1S/C20H31N3O2/c1-14(2)17-8-6-7-16(5)19(17)21-18(24)13-22-9-11-23(12-10-22)20(25)15(3)4/h6-8,14-15H,9-13H2,1-5H3,(H,21,24). The van der Waals surface area contributed by atoms with Crippen molar-refractivity contribution >= 4 is 17.5 Å². The molecule has 1 fully saturated rings. The van der Waals surface area contributed by atoms with Crippen molar-refractivity contribution in [2.24, 2.45) is 5.92 Å². The van der Waals surface area contributed by atoms with Gasteiger partial charge in [-0.2, -0.15) is 0 Å². The molecule has 25 heavy (non-hydrogen) atoms. The highest BCUT2D eigenvalue weighted by atomic mass is 16.2. The summed E-state index contributed by atoms with van der Waals surface area (Å²) in [4.78, 5) is 28.6. The first kappa shape index (κ1) is 19.4. The fourth-order valence-electron chi connectivity index (χ4n) is 3.22. The number of benzene rings is 1. The van der Waals surface area contributed by atoms with Crippen LogP contribution in [0.2, 0.25) is 0 Å². The Hall–Kier alpha value is -1.88. The molecule has 1 aromatic rings. The lowest BCUT2D eigenvalue weighted by atomic mass is 9.98. The zero-order valence-corrected chi connectivity index (χ0v) is 16.1. The predicted molar refractivity (Wildman–Crippen MR) is 102 cm³/mol.